The highest BCUT2D eigenvalue weighted by Gasteiger charge is 2.28. The SMILES string of the molecule is CCN(CC(=O)NCc1ccc(Cl)cc1)S(=O)(=O)c1ccc(F)cc1F. The summed E-state index contributed by atoms with van der Waals surface area (Å²) >= 11 is 5.78. The maximum absolute atomic E-state index is 13.8. The Labute approximate surface area is 155 Å². The summed E-state index contributed by atoms with van der Waals surface area (Å²) in [6.45, 7) is 1.18. The quantitative estimate of drug-likeness (QED) is 0.774. The number of likely N-dealkylation sites (N-methyl/N-ethyl adjacent to an activating group) is 1. The second-order valence-corrected chi connectivity index (χ2v) is 7.75. The van der Waals surface area contributed by atoms with Gasteiger partial charge in [-0.2, -0.15) is 4.31 Å². The molecule has 0 fully saturated rings. The molecule has 26 heavy (non-hydrogen) atoms. The molecule has 2 aromatic rings. The van der Waals surface area contributed by atoms with Crippen molar-refractivity contribution in [1.82, 2.24) is 9.62 Å². The van der Waals surface area contributed by atoms with Crippen molar-refractivity contribution >= 4 is 27.5 Å². The van der Waals surface area contributed by atoms with Crippen LogP contribution in [0.1, 0.15) is 12.5 Å². The fraction of sp³-hybridized carbons (Fsp3) is 0.235. The van der Waals surface area contributed by atoms with Crippen LogP contribution in [0.3, 0.4) is 0 Å². The molecule has 0 spiro atoms. The highest BCUT2D eigenvalue weighted by molar-refractivity contribution is 7.89. The molecule has 9 heteroatoms. The Bertz CT molecular complexity index is 889. The number of amides is 1. The van der Waals surface area contributed by atoms with E-state index in [-0.39, 0.29) is 13.1 Å². The Kier molecular flexibility index (Phi) is 6.69. The summed E-state index contributed by atoms with van der Waals surface area (Å²) in [6.07, 6.45) is 0. The van der Waals surface area contributed by atoms with E-state index in [4.69, 9.17) is 11.6 Å². The number of nitrogens with one attached hydrogen (secondary N) is 1. The molecule has 0 aliphatic heterocycles. The monoisotopic (exact) mass is 402 g/mol. The first kappa shape index (κ1) is 20.3. The minimum absolute atomic E-state index is 0.0481. The minimum atomic E-state index is -4.27. The van der Waals surface area contributed by atoms with Crippen LogP contribution in [0.15, 0.2) is 47.4 Å². The second-order valence-electron chi connectivity index (χ2n) is 5.41. The van der Waals surface area contributed by atoms with E-state index in [1.165, 1.54) is 6.92 Å². The minimum Gasteiger partial charge on any atom is -0.351 e. The molecule has 140 valence electrons. The van der Waals surface area contributed by atoms with Crippen molar-refractivity contribution in [2.75, 3.05) is 13.1 Å². The standard InChI is InChI=1S/C17H17ClF2N2O3S/c1-2-22(26(24,25)16-8-7-14(19)9-15(16)20)11-17(23)21-10-12-3-5-13(18)6-4-12/h3-9H,2,10-11H2,1H3,(H,21,23). The Balaban J connectivity index is 2.07. The van der Waals surface area contributed by atoms with Crippen LogP contribution in [0, 0.1) is 11.6 Å². The van der Waals surface area contributed by atoms with Crippen LogP contribution in [0.2, 0.25) is 5.02 Å². The summed E-state index contributed by atoms with van der Waals surface area (Å²) in [4.78, 5) is 11.4. The zero-order chi connectivity index (χ0) is 19.3. The highest BCUT2D eigenvalue weighted by atomic mass is 35.5. The van der Waals surface area contributed by atoms with Crippen molar-refractivity contribution in [3.63, 3.8) is 0 Å². The zero-order valence-corrected chi connectivity index (χ0v) is 15.4. The van der Waals surface area contributed by atoms with Crippen molar-refractivity contribution in [2.45, 2.75) is 18.4 Å². The lowest BCUT2D eigenvalue weighted by molar-refractivity contribution is -0.121. The number of carbonyl (C=O) groups excluding carboxylic acids is 1. The average Bonchev–Trinajstić information content (AvgIpc) is 2.58. The van der Waals surface area contributed by atoms with Gasteiger partial charge in [-0.25, -0.2) is 17.2 Å². The zero-order valence-electron chi connectivity index (χ0n) is 13.9. The van der Waals surface area contributed by atoms with E-state index in [9.17, 15) is 22.0 Å². The maximum Gasteiger partial charge on any atom is 0.246 e. The van der Waals surface area contributed by atoms with Gasteiger partial charge in [0.05, 0.1) is 6.54 Å². The first-order chi connectivity index (χ1) is 12.2. The molecule has 0 unspecified atom stereocenters. The summed E-state index contributed by atoms with van der Waals surface area (Å²) in [5.41, 5.74) is 0.790. The van der Waals surface area contributed by atoms with Gasteiger partial charge in [-0.15, -0.1) is 0 Å². The third-order valence-corrected chi connectivity index (χ3v) is 5.79. The summed E-state index contributed by atoms with van der Waals surface area (Å²) in [5.74, 6) is -2.64. The van der Waals surface area contributed by atoms with Gasteiger partial charge in [-0.1, -0.05) is 30.7 Å². The van der Waals surface area contributed by atoms with Gasteiger partial charge in [0.2, 0.25) is 15.9 Å². The molecule has 2 rings (SSSR count). The predicted octanol–water partition coefficient (Wildman–Crippen LogP) is 2.95. The molecule has 0 aliphatic rings. The van der Waals surface area contributed by atoms with Gasteiger partial charge in [-0.05, 0) is 29.8 Å². The summed E-state index contributed by atoms with van der Waals surface area (Å²) in [7, 11) is -4.27. The fourth-order valence-corrected chi connectivity index (χ4v) is 3.79. The number of hydrogen-bond acceptors (Lipinski definition) is 3. The van der Waals surface area contributed by atoms with Gasteiger partial charge in [0, 0.05) is 24.2 Å². The van der Waals surface area contributed by atoms with Crippen LogP contribution < -0.4 is 5.32 Å². The number of hydrogen-bond donors (Lipinski definition) is 1. The van der Waals surface area contributed by atoms with Gasteiger partial charge < -0.3 is 5.32 Å². The summed E-state index contributed by atoms with van der Waals surface area (Å²) in [6, 6.07) is 8.97. The van der Waals surface area contributed by atoms with Gasteiger partial charge in [-0.3, -0.25) is 4.79 Å². The molecule has 1 amide bonds. The van der Waals surface area contributed by atoms with E-state index in [0.29, 0.717) is 11.1 Å². The number of benzene rings is 2. The predicted molar refractivity (Wildman–Crippen MR) is 94.1 cm³/mol. The molecule has 1 N–H and O–H groups in total. The van der Waals surface area contributed by atoms with Crippen LogP contribution in [-0.4, -0.2) is 31.7 Å². The van der Waals surface area contributed by atoms with Crippen LogP contribution in [0.4, 0.5) is 8.78 Å². The molecule has 0 aliphatic carbocycles. The molecular weight excluding hydrogens is 386 g/mol. The van der Waals surface area contributed by atoms with Crippen LogP contribution in [0.25, 0.3) is 0 Å². The average molecular weight is 403 g/mol. The van der Waals surface area contributed by atoms with E-state index in [0.717, 1.165) is 22.0 Å². The Morgan fingerprint density at radius 1 is 1.15 bits per heavy atom. The Morgan fingerprint density at radius 3 is 2.38 bits per heavy atom. The van der Waals surface area contributed by atoms with E-state index in [1.54, 1.807) is 24.3 Å². The highest BCUT2D eigenvalue weighted by Crippen LogP contribution is 2.20. The van der Waals surface area contributed by atoms with E-state index in [2.05, 4.69) is 5.32 Å². The summed E-state index contributed by atoms with van der Waals surface area (Å²) < 4.78 is 52.7. The van der Waals surface area contributed by atoms with Crippen molar-refractivity contribution in [2.24, 2.45) is 0 Å². The lowest BCUT2D eigenvalue weighted by Gasteiger charge is -2.20. The van der Waals surface area contributed by atoms with Crippen LogP contribution in [0.5, 0.6) is 0 Å². The Morgan fingerprint density at radius 2 is 1.81 bits per heavy atom. The molecule has 0 radical (unpaired) electrons. The third kappa shape index (κ3) is 5.00. The summed E-state index contributed by atoms with van der Waals surface area (Å²) in [5, 5.41) is 3.15. The van der Waals surface area contributed by atoms with Gasteiger partial charge in [0.1, 0.15) is 16.5 Å². The van der Waals surface area contributed by atoms with Crippen molar-refractivity contribution < 1.29 is 22.0 Å². The number of sulfonamides is 1. The molecular formula is C17H17ClF2N2O3S. The van der Waals surface area contributed by atoms with Crippen molar-refractivity contribution in [3.05, 3.63) is 64.7 Å². The molecule has 2 aromatic carbocycles. The number of carbonyl (C=O) groups is 1. The molecule has 5 nitrogen and oxygen atoms in total. The van der Waals surface area contributed by atoms with Gasteiger partial charge in [0.15, 0.2) is 0 Å². The lowest BCUT2D eigenvalue weighted by atomic mass is 10.2. The largest absolute Gasteiger partial charge is 0.351 e. The van der Waals surface area contributed by atoms with Crippen LogP contribution >= 0.6 is 11.6 Å². The lowest BCUT2D eigenvalue weighted by Crippen LogP contribution is -2.40. The molecule has 0 heterocycles. The van der Waals surface area contributed by atoms with Gasteiger partial charge in [0.25, 0.3) is 0 Å². The first-order valence-electron chi connectivity index (χ1n) is 7.70. The smallest absolute Gasteiger partial charge is 0.246 e. The molecule has 0 saturated heterocycles. The van der Waals surface area contributed by atoms with Crippen LogP contribution in [-0.2, 0) is 21.4 Å². The maximum atomic E-state index is 13.8. The number of nitrogens with zero attached hydrogens (tertiary/aromatic N) is 1. The Hall–Kier alpha value is -2.03. The van der Waals surface area contributed by atoms with Crippen molar-refractivity contribution in [3.8, 4) is 0 Å². The van der Waals surface area contributed by atoms with E-state index >= 15 is 0 Å². The number of rotatable bonds is 7. The molecule has 0 atom stereocenters. The molecule has 0 bridgehead atoms. The van der Waals surface area contributed by atoms with Crippen molar-refractivity contribution in [1.29, 1.82) is 0 Å². The molecule has 0 aromatic heterocycles. The first-order valence-corrected chi connectivity index (χ1v) is 9.52. The molecule has 0 saturated carbocycles. The fourth-order valence-electron chi connectivity index (χ4n) is 2.21. The normalized spacial score (nSPS) is 11.6. The van der Waals surface area contributed by atoms with E-state index in [1.807, 2.05) is 0 Å². The second kappa shape index (κ2) is 8.57. The van der Waals surface area contributed by atoms with E-state index < -0.39 is 39.0 Å². The topological polar surface area (TPSA) is 66.5 Å². The van der Waals surface area contributed by atoms with Gasteiger partial charge >= 0.3 is 0 Å². The number of halogens is 3. The third-order valence-electron chi connectivity index (χ3n) is 3.59.